The number of nitro groups is 1. The van der Waals surface area contributed by atoms with E-state index in [0.29, 0.717) is 12.2 Å². The normalized spacial score (nSPS) is 10.1. The van der Waals surface area contributed by atoms with Gasteiger partial charge in [0, 0.05) is 12.4 Å². The Morgan fingerprint density at radius 1 is 1.69 bits per heavy atom. The minimum atomic E-state index is -0.554. The lowest BCUT2D eigenvalue weighted by Gasteiger charge is -2.03. The molecule has 1 rings (SSSR count). The molecule has 16 heavy (non-hydrogen) atoms. The van der Waals surface area contributed by atoms with Crippen LogP contribution in [-0.2, 0) is 0 Å². The first-order chi connectivity index (χ1) is 7.69. The molecule has 0 fully saturated rings. The molecule has 0 atom stereocenters. The van der Waals surface area contributed by atoms with Crippen molar-refractivity contribution < 1.29 is 10.0 Å². The first-order valence-electron chi connectivity index (χ1n) is 4.40. The lowest BCUT2D eigenvalue weighted by molar-refractivity contribution is -0.388. The third kappa shape index (κ3) is 3.29. The van der Waals surface area contributed by atoms with Crippen molar-refractivity contribution in [2.45, 2.75) is 11.4 Å². The molecule has 0 aliphatic rings. The number of aliphatic hydroxyl groups excluding tert-OH is 1. The molecule has 0 aliphatic heterocycles. The quantitative estimate of drug-likeness (QED) is 0.161. The van der Waals surface area contributed by atoms with Gasteiger partial charge in [-0.25, -0.2) is 10.8 Å². The standard InChI is InChI=1S/C7H11N5O3S/c8-11-7-9-4-5(12(14)15)6(10-7)16-3-1-2-13/h4,13H,1-3,8H2,(H,9,10,11). The van der Waals surface area contributed by atoms with E-state index in [1.807, 2.05) is 0 Å². The van der Waals surface area contributed by atoms with Crippen molar-refractivity contribution in [2.75, 3.05) is 17.8 Å². The number of hydrazine groups is 1. The molecule has 0 radical (unpaired) electrons. The zero-order valence-electron chi connectivity index (χ0n) is 8.29. The number of thioether (sulfide) groups is 1. The van der Waals surface area contributed by atoms with E-state index in [9.17, 15) is 10.1 Å². The minimum absolute atomic E-state index is 0.0356. The Balaban J connectivity index is 2.87. The predicted molar refractivity (Wildman–Crippen MR) is 58.9 cm³/mol. The highest BCUT2D eigenvalue weighted by atomic mass is 32.2. The van der Waals surface area contributed by atoms with Gasteiger partial charge in [-0.3, -0.25) is 15.5 Å². The van der Waals surface area contributed by atoms with E-state index in [1.165, 1.54) is 11.8 Å². The Labute approximate surface area is 95.4 Å². The van der Waals surface area contributed by atoms with Gasteiger partial charge >= 0.3 is 5.69 Å². The third-order valence-corrected chi connectivity index (χ3v) is 2.67. The summed E-state index contributed by atoms with van der Waals surface area (Å²) in [5.41, 5.74) is 2.05. The van der Waals surface area contributed by atoms with Gasteiger partial charge in [-0.2, -0.15) is 4.98 Å². The summed E-state index contributed by atoms with van der Waals surface area (Å²) in [5.74, 6) is 5.77. The van der Waals surface area contributed by atoms with E-state index in [-0.39, 0.29) is 23.3 Å². The molecule has 8 nitrogen and oxygen atoms in total. The smallest absolute Gasteiger partial charge is 0.319 e. The van der Waals surface area contributed by atoms with Gasteiger partial charge in [0.1, 0.15) is 6.20 Å². The fourth-order valence-electron chi connectivity index (χ4n) is 0.894. The molecule has 0 saturated heterocycles. The van der Waals surface area contributed by atoms with Crippen LogP contribution in [0.2, 0.25) is 0 Å². The summed E-state index contributed by atoms with van der Waals surface area (Å²) in [6.45, 7) is 0.0356. The summed E-state index contributed by atoms with van der Waals surface area (Å²) in [6.07, 6.45) is 1.64. The molecule has 0 saturated carbocycles. The van der Waals surface area contributed by atoms with Crippen molar-refractivity contribution in [3.63, 3.8) is 0 Å². The second-order valence-electron chi connectivity index (χ2n) is 2.71. The lowest BCUT2D eigenvalue weighted by atomic mass is 10.5. The van der Waals surface area contributed by atoms with Gasteiger partial charge in [-0.05, 0) is 6.42 Å². The van der Waals surface area contributed by atoms with Gasteiger partial charge in [0.15, 0.2) is 5.03 Å². The number of nitrogens with zero attached hydrogens (tertiary/aromatic N) is 3. The van der Waals surface area contributed by atoms with Crippen molar-refractivity contribution in [1.29, 1.82) is 0 Å². The maximum Gasteiger partial charge on any atom is 0.319 e. The maximum absolute atomic E-state index is 10.7. The van der Waals surface area contributed by atoms with Crippen molar-refractivity contribution in [1.82, 2.24) is 9.97 Å². The number of nitrogens with one attached hydrogen (secondary N) is 1. The largest absolute Gasteiger partial charge is 0.396 e. The lowest BCUT2D eigenvalue weighted by Crippen LogP contribution is -2.11. The molecule has 0 aromatic carbocycles. The third-order valence-electron chi connectivity index (χ3n) is 1.60. The molecule has 1 aromatic rings. The SMILES string of the molecule is NNc1ncc([N+](=O)[O-])c(SCCCO)n1. The first-order valence-corrected chi connectivity index (χ1v) is 5.39. The predicted octanol–water partition coefficient (Wildman–Crippen LogP) is 0.145. The number of hydrogen-bond donors (Lipinski definition) is 3. The number of hydrogen-bond acceptors (Lipinski definition) is 8. The molecule has 88 valence electrons. The fraction of sp³-hybridized carbons (Fsp3) is 0.429. The second-order valence-corrected chi connectivity index (χ2v) is 3.79. The molecule has 4 N–H and O–H groups in total. The van der Waals surface area contributed by atoms with Crippen molar-refractivity contribution in [3.8, 4) is 0 Å². The molecule has 0 bridgehead atoms. The Bertz CT molecular complexity index is 375. The number of nitrogen functional groups attached to an aromatic ring is 1. The molecule has 0 aliphatic carbocycles. The molecular weight excluding hydrogens is 234 g/mol. The van der Waals surface area contributed by atoms with Gasteiger partial charge < -0.3 is 5.11 Å². The second kappa shape index (κ2) is 6.20. The molecule has 0 unspecified atom stereocenters. The molecule has 9 heteroatoms. The number of aliphatic hydroxyl groups is 1. The Morgan fingerprint density at radius 2 is 2.44 bits per heavy atom. The van der Waals surface area contributed by atoms with Crippen LogP contribution >= 0.6 is 11.8 Å². The van der Waals surface area contributed by atoms with Crippen LogP contribution in [0, 0.1) is 10.1 Å². The van der Waals surface area contributed by atoms with Gasteiger partial charge in [-0.15, -0.1) is 0 Å². The van der Waals surface area contributed by atoms with E-state index in [0.717, 1.165) is 6.20 Å². The van der Waals surface area contributed by atoms with Crippen LogP contribution in [-0.4, -0.2) is 32.4 Å². The highest BCUT2D eigenvalue weighted by Crippen LogP contribution is 2.27. The molecule has 0 amide bonds. The van der Waals surface area contributed by atoms with Crippen molar-refractivity contribution in [3.05, 3.63) is 16.3 Å². The number of anilines is 1. The highest BCUT2D eigenvalue weighted by molar-refractivity contribution is 7.99. The Hall–Kier alpha value is -1.45. The highest BCUT2D eigenvalue weighted by Gasteiger charge is 2.17. The summed E-state index contributed by atoms with van der Waals surface area (Å²) in [6, 6.07) is 0. The number of aromatic nitrogens is 2. The van der Waals surface area contributed by atoms with Gasteiger partial charge in [0.05, 0.1) is 4.92 Å². The average Bonchev–Trinajstić information content (AvgIpc) is 2.29. The molecular formula is C7H11N5O3S. The summed E-state index contributed by atoms with van der Waals surface area (Å²) in [5, 5.41) is 19.5. The Kier molecular flexibility index (Phi) is 4.89. The van der Waals surface area contributed by atoms with Crippen LogP contribution in [0.1, 0.15) is 6.42 Å². The number of nitrogens with two attached hydrogens (primary N) is 1. The minimum Gasteiger partial charge on any atom is -0.396 e. The number of rotatable bonds is 6. The average molecular weight is 245 g/mol. The topological polar surface area (TPSA) is 127 Å². The summed E-state index contributed by atoms with van der Waals surface area (Å²) < 4.78 is 0. The van der Waals surface area contributed by atoms with E-state index < -0.39 is 4.92 Å². The zero-order valence-corrected chi connectivity index (χ0v) is 9.11. The van der Waals surface area contributed by atoms with Gasteiger partial charge in [-0.1, -0.05) is 11.8 Å². The summed E-state index contributed by atoms with van der Waals surface area (Å²) in [7, 11) is 0. The summed E-state index contributed by atoms with van der Waals surface area (Å²) >= 11 is 1.18. The van der Waals surface area contributed by atoms with E-state index >= 15 is 0 Å². The fourth-order valence-corrected chi connectivity index (χ4v) is 1.79. The van der Waals surface area contributed by atoms with Gasteiger partial charge in [0.25, 0.3) is 0 Å². The van der Waals surface area contributed by atoms with E-state index in [1.54, 1.807) is 0 Å². The van der Waals surface area contributed by atoms with Crippen molar-refractivity contribution >= 4 is 23.4 Å². The zero-order chi connectivity index (χ0) is 12.0. The van der Waals surface area contributed by atoms with Crippen LogP contribution in [0.5, 0.6) is 0 Å². The Morgan fingerprint density at radius 3 is 3.00 bits per heavy atom. The maximum atomic E-state index is 10.7. The van der Waals surface area contributed by atoms with Crippen LogP contribution in [0.25, 0.3) is 0 Å². The monoisotopic (exact) mass is 245 g/mol. The van der Waals surface area contributed by atoms with E-state index in [2.05, 4.69) is 15.4 Å². The molecule has 1 aromatic heterocycles. The molecule has 0 spiro atoms. The van der Waals surface area contributed by atoms with Crippen molar-refractivity contribution in [2.24, 2.45) is 5.84 Å². The van der Waals surface area contributed by atoms with E-state index in [4.69, 9.17) is 10.9 Å². The first kappa shape index (κ1) is 12.6. The van der Waals surface area contributed by atoms with Crippen LogP contribution in [0.4, 0.5) is 11.6 Å². The summed E-state index contributed by atoms with van der Waals surface area (Å²) in [4.78, 5) is 17.6. The molecule has 1 heterocycles. The van der Waals surface area contributed by atoms with Gasteiger partial charge in [0.2, 0.25) is 5.95 Å². The van der Waals surface area contributed by atoms with Crippen LogP contribution in [0.3, 0.4) is 0 Å². The van der Waals surface area contributed by atoms with Crippen LogP contribution in [0.15, 0.2) is 11.2 Å². The van der Waals surface area contributed by atoms with Crippen LogP contribution < -0.4 is 11.3 Å².